The summed E-state index contributed by atoms with van der Waals surface area (Å²) in [5.41, 5.74) is 2.78. The highest BCUT2D eigenvalue weighted by atomic mass is 35.5. The lowest BCUT2D eigenvalue weighted by Crippen LogP contribution is -2.30. The summed E-state index contributed by atoms with van der Waals surface area (Å²) in [5.74, 6) is 0.323. The largest absolute Gasteiger partial charge is 0.455 e. The van der Waals surface area contributed by atoms with Crippen molar-refractivity contribution >= 4 is 58.3 Å². The minimum Gasteiger partial charge on any atom is -0.455 e. The van der Waals surface area contributed by atoms with Gasteiger partial charge in [-0.1, -0.05) is 25.0 Å². The van der Waals surface area contributed by atoms with E-state index < -0.39 is 0 Å². The Labute approximate surface area is 232 Å². The van der Waals surface area contributed by atoms with Crippen LogP contribution in [0, 0.1) is 0 Å². The normalized spacial score (nSPS) is 16.9. The molecule has 2 fully saturated rings. The number of para-hydroxylation sites is 1. The van der Waals surface area contributed by atoms with Crippen molar-refractivity contribution in [3.8, 4) is 0 Å². The Morgan fingerprint density at radius 3 is 1.92 bits per heavy atom. The van der Waals surface area contributed by atoms with Crippen molar-refractivity contribution in [1.29, 1.82) is 0 Å². The summed E-state index contributed by atoms with van der Waals surface area (Å²) in [6, 6.07) is 11.5. The maximum Gasteiger partial charge on any atom is 0.166 e. The van der Waals surface area contributed by atoms with Crippen LogP contribution >= 0.6 is 24.8 Å². The molecule has 0 radical (unpaired) electrons. The Balaban J connectivity index is 0.00000190. The van der Waals surface area contributed by atoms with Gasteiger partial charge in [0.2, 0.25) is 0 Å². The number of Topliss-reactive ketones (excluding diaryl/α,β-unsaturated/α-hetero) is 2. The first kappa shape index (κ1) is 29.6. The van der Waals surface area contributed by atoms with Gasteiger partial charge in [0.15, 0.2) is 11.6 Å². The average molecular weight is 548 g/mol. The SMILES string of the molecule is Cl.Cl.O=C(CCCN1CCCCC1)c1ccc2oc3c(C(=O)CCCN4CCCCC4)cccc3c2c1. The van der Waals surface area contributed by atoms with Crippen molar-refractivity contribution in [2.75, 3.05) is 39.3 Å². The molecular formula is C30H40Cl2N2O3. The van der Waals surface area contributed by atoms with Gasteiger partial charge in [0, 0.05) is 29.2 Å². The maximum absolute atomic E-state index is 13.1. The standard InChI is InChI=1S/C30H38N2O3.2ClH/c33-27(12-8-20-31-16-3-1-4-17-31)23-14-15-29-26(22-23)24-10-7-11-25(30(24)35-29)28(34)13-9-21-32-18-5-2-6-19-32;;/h7,10-11,14-15,22H,1-6,8-9,12-13,16-21H2;2*1H. The third kappa shape index (κ3) is 7.35. The number of piperidine rings is 2. The molecule has 2 aliphatic rings. The van der Waals surface area contributed by atoms with Gasteiger partial charge in [0.05, 0.1) is 5.56 Å². The van der Waals surface area contributed by atoms with Crippen LogP contribution in [-0.4, -0.2) is 60.6 Å². The molecule has 0 saturated carbocycles. The molecular weight excluding hydrogens is 507 g/mol. The van der Waals surface area contributed by atoms with Crippen molar-refractivity contribution < 1.29 is 14.0 Å². The summed E-state index contributed by atoms with van der Waals surface area (Å²) >= 11 is 0. The van der Waals surface area contributed by atoms with Gasteiger partial charge in [-0.2, -0.15) is 0 Å². The molecule has 3 heterocycles. The van der Waals surface area contributed by atoms with Crippen LogP contribution in [0.2, 0.25) is 0 Å². The van der Waals surface area contributed by atoms with Crippen LogP contribution in [0.4, 0.5) is 0 Å². The third-order valence-electron chi connectivity index (χ3n) is 7.77. The molecule has 0 N–H and O–H groups in total. The predicted octanol–water partition coefficient (Wildman–Crippen LogP) is 7.33. The number of likely N-dealkylation sites (tertiary alicyclic amines) is 2. The second kappa shape index (κ2) is 14.3. The van der Waals surface area contributed by atoms with E-state index in [1.165, 1.54) is 51.6 Å². The zero-order valence-electron chi connectivity index (χ0n) is 21.7. The maximum atomic E-state index is 13.1. The lowest BCUT2D eigenvalue weighted by molar-refractivity contribution is 0.0965. The molecule has 2 aliphatic heterocycles. The van der Waals surface area contributed by atoms with Crippen molar-refractivity contribution in [3.05, 3.63) is 47.5 Å². The first-order valence-electron chi connectivity index (χ1n) is 13.7. The fraction of sp³-hybridized carbons (Fsp3) is 0.533. The Hall–Kier alpha value is -1.92. The number of halogens is 2. The topological polar surface area (TPSA) is 53.8 Å². The number of carbonyl (C=O) groups excluding carboxylic acids is 2. The minimum atomic E-state index is 0. The molecule has 202 valence electrons. The van der Waals surface area contributed by atoms with Gasteiger partial charge in [0.1, 0.15) is 11.2 Å². The summed E-state index contributed by atoms with van der Waals surface area (Å²) in [6.07, 6.45) is 10.7. The lowest BCUT2D eigenvalue weighted by atomic mass is 10.0. The Morgan fingerprint density at radius 1 is 0.703 bits per heavy atom. The van der Waals surface area contributed by atoms with E-state index in [0.29, 0.717) is 24.0 Å². The highest BCUT2D eigenvalue weighted by Gasteiger charge is 2.18. The van der Waals surface area contributed by atoms with Gasteiger partial charge < -0.3 is 14.2 Å². The first-order chi connectivity index (χ1) is 17.2. The van der Waals surface area contributed by atoms with Gasteiger partial charge in [-0.05, 0) is 102 Å². The van der Waals surface area contributed by atoms with E-state index in [4.69, 9.17) is 4.42 Å². The van der Waals surface area contributed by atoms with Crippen LogP contribution in [0.15, 0.2) is 40.8 Å². The van der Waals surface area contributed by atoms with Crippen molar-refractivity contribution in [1.82, 2.24) is 9.80 Å². The number of nitrogens with zero attached hydrogens (tertiary/aromatic N) is 2. The zero-order valence-corrected chi connectivity index (χ0v) is 23.3. The van der Waals surface area contributed by atoms with Gasteiger partial charge in [-0.15, -0.1) is 24.8 Å². The fourth-order valence-electron chi connectivity index (χ4n) is 5.76. The van der Waals surface area contributed by atoms with Crippen LogP contribution in [0.5, 0.6) is 0 Å². The van der Waals surface area contributed by atoms with E-state index in [9.17, 15) is 9.59 Å². The van der Waals surface area contributed by atoms with Crippen LogP contribution in [0.25, 0.3) is 21.9 Å². The fourth-order valence-corrected chi connectivity index (χ4v) is 5.76. The van der Waals surface area contributed by atoms with E-state index in [1.54, 1.807) is 0 Å². The summed E-state index contributed by atoms with van der Waals surface area (Å²) < 4.78 is 6.15. The van der Waals surface area contributed by atoms with E-state index in [1.807, 2.05) is 36.4 Å². The summed E-state index contributed by atoms with van der Waals surface area (Å²) in [7, 11) is 0. The Morgan fingerprint density at radius 2 is 1.30 bits per heavy atom. The van der Waals surface area contributed by atoms with Crippen molar-refractivity contribution in [3.63, 3.8) is 0 Å². The lowest BCUT2D eigenvalue weighted by Gasteiger charge is -2.26. The second-order valence-electron chi connectivity index (χ2n) is 10.4. The van der Waals surface area contributed by atoms with Gasteiger partial charge in [-0.3, -0.25) is 9.59 Å². The van der Waals surface area contributed by atoms with Crippen molar-refractivity contribution in [2.24, 2.45) is 0 Å². The smallest absolute Gasteiger partial charge is 0.166 e. The predicted molar refractivity (Wildman–Crippen MR) is 156 cm³/mol. The number of hydrogen-bond acceptors (Lipinski definition) is 5. The molecule has 0 bridgehead atoms. The monoisotopic (exact) mass is 546 g/mol. The molecule has 3 aromatic rings. The Bertz CT molecular complexity index is 1180. The quantitative estimate of drug-likeness (QED) is 0.249. The molecule has 37 heavy (non-hydrogen) atoms. The summed E-state index contributed by atoms with van der Waals surface area (Å²) in [6.45, 7) is 6.65. The number of furan rings is 1. The van der Waals surface area contributed by atoms with Crippen LogP contribution in [0.3, 0.4) is 0 Å². The van der Waals surface area contributed by atoms with Crippen LogP contribution < -0.4 is 0 Å². The molecule has 1 aromatic heterocycles. The highest BCUT2D eigenvalue weighted by Crippen LogP contribution is 2.32. The first-order valence-corrected chi connectivity index (χ1v) is 13.7. The Kier molecular flexibility index (Phi) is 11.4. The molecule has 0 amide bonds. The number of rotatable bonds is 10. The minimum absolute atomic E-state index is 0. The van der Waals surface area contributed by atoms with Crippen LogP contribution in [-0.2, 0) is 0 Å². The van der Waals surface area contributed by atoms with E-state index in [-0.39, 0.29) is 36.4 Å². The van der Waals surface area contributed by atoms with Crippen LogP contribution in [0.1, 0.15) is 84.9 Å². The number of fused-ring (bicyclic) bond motifs is 3. The molecule has 5 rings (SSSR count). The number of benzene rings is 2. The molecule has 0 spiro atoms. The number of ketones is 2. The molecule has 5 nitrogen and oxygen atoms in total. The molecule has 0 atom stereocenters. The number of carbonyl (C=O) groups is 2. The number of hydrogen-bond donors (Lipinski definition) is 0. The van der Waals surface area contributed by atoms with E-state index in [2.05, 4.69) is 9.80 Å². The second-order valence-corrected chi connectivity index (χ2v) is 10.4. The molecule has 2 saturated heterocycles. The molecule has 0 unspecified atom stereocenters. The third-order valence-corrected chi connectivity index (χ3v) is 7.77. The van der Waals surface area contributed by atoms with E-state index in [0.717, 1.165) is 60.9 Å². The average Bonchev–Trinajstić information content (AvgIpc) is 3.28. The zero-order chi connectivity index (χ0) is 24.0. The van der Waals surface area contributed by atoms with Crippen molar-refractivity contribution in [2.45, 2.75) is 64.2 Å². The van der Waals surface area contributed by atoms with Gasteiger partial charge in [0.25, 0.3) is 0 Å². The molecule has 2 aromatic carbocycles. The summed E-state index contributed by atoms with van der Waals surface area (Å²) in [5, 5.41) is 1.84. The molecule has 0 aliphatic carbocycles. The van der Waals surface area contributed by atoms with E-state index >= 15 is 0 Å². The summed E-state index contributed by atoms with van der Waals surface area (Å²) in [4.78, 5) is 30.9. The van der Waals surface area contributed by atoms with Gasteiger partial charge >= 0.3 is 0 Å². The molecule has 7 heteroatoms. The highest BCUT2D eigenvalue weighted by molar-refractivity contribution is 6.14. The van der Waals surface area contributed by atoms with Gasteiger partial charge in [-0.25, -0.2) is 0 Å².